The Labute approximate surface area is 121 Å². The van der Waals surface area contributed by atoms with Gasteiger partial charge in [-0.2, -0.15) is 8.42 Å². The molecule has 0 saturated heterocycles. The third-order valence-corrected chi connectivity index (χ3v) is 2.61. The zero-order valence-electron chi connectivity index (χ0n) is 12.8. The zero-order chi connectivity index (χ0) is 15.8. The lowest BCUT2D eigenvalue weighted by atomic mass is 10.2. The number of rotatable bonds is 8. The summed E-state index contributed by atoms with van der Waals surface area (Å²) < 4.78 is 36.8. The monoisotopic (exact) mass is 311 g/mol. The molecular formula is C12H25NO6S. The van der Waals surface area contributed by atoms with Crippen LogP contribution in [0.5, 0.6) is 0 Å². The van der Waals surface area contributed by atoms with Crippen molar-refractivity contribution in [3.8, 4) is 0 Å². The van der Waals surface area contributed by atoms with Crippen molar-refractivity contribution < 1.29 is 26.9 Å². The average molecular weight is 311 g/mol. The standard InChI is InChI=1S/C12H25NO6S/c1-6-10(9-18-20(5,15)16)17-8-7-13-11(14)19-12(2,3)4/h10H,6-9H2,1-5H3,(H,13,14). The van der Waals surface area contributed by atoms with E-state index in [0.717, 1.165) is 6.26 Å². The van der Waals surface area contributed by atoms with Gasteiger partial charge in [0.25, 0.3) is 10.1 Å². The Morgan fingerprint density at radius 2 is 1.90 bits per heavy atom. The molecule has 0 aliphatic heterocycles. The first kappa shape index (κ1) is 19.1. The van der Waals surface area contributed by atoms with Gasteiger partial charge in [0.05, 0.1) is 25.6 Å². The van der Waals surface area contributed by atoms with Crippen LogP contribution in [0.15, 0.2) is 0 Å². The molecule has 7 nitrogen and oxygen atoms in total. The number of hydrogen-bond acceptors (Lipinski definition) is 6. The Morgan fingerprint density at radius 3 is 2.35 bits per heavy atom. The van der Waals surface area contributed by atoms with Gasteiger partial charge in [-0.05, 0) is 27.2 Å². The van der Waals surface area contributed by atoms with Gasteiger partial charge >= 0.3 is 6.09 Å². The van der Waals surface area contributed by atoms with Crippen LogP contribution in [0.25, 0.3) is 0 Å². The van der Waals surface area contributed by atoms with E-state index in [1.807, 2.05) is 6.92 Å². The van der Waals surface area contributed by atoms with Crippen LogP contribution in [0.4, 0.5) is 4.79 Å². The highest BCUT2D eigenvalue weighted by Gasteiger charge is 2.16. The normalized spacial score (nSPS) is 13.8. The fourth-order valence-electron chi connectivity index (χ4n) is 1.18. The van der Waals surface area contributed by atoms with Crippen molar-refractivity contribution in [2.45, 2.75) is 45.8 Å². The van der Waals surface area contributed by atoms with Crippen molar-refractivity contribution in [1.29, 1.82) is 0 Å². The van der Waals surface area contributed by atoms with Gasteiger partial charge in [0.15, 0.2) is 0 Å². The van der Waals surface area contributed by atoms with Crippen LogP contribution in [0.3, 0.4) is 0 Å². The molecule has 0 aromatic rings. The molecule has 1 unspecified atom stereocenters. The van der Waals surface area contributed by atoms with E-state index in [1.54, 1.807) is 20.8 Å². The molecule has 0 spiro atoms. The highest BCUT2D eigenvalue weighted by atomic mass is 32.2. The lowest BCUT2D eigenvalue weighted by Gasteiger charge is -2.20. The molecule has 120 valence electrons. The van der Waals surface area contributed by atoms with E-state index < -0.39 is 21.8 Å². The van der Waals surface area contributed by atoms with Crippen molar-refractivity contribution in [3.05, 3.63) is 0 Å². The van der Waals surface area contributed by atoms with E-state index in [2.05, 4.69) is 9.50 Å². The van der Waals surface area contributed by atoms with Crippen molar-refractivity contribution >= 4 is 16.2 Å². The Bertz CT molecular complexity index is 387. The van der Waals surface area contributed by atoms with Crippen LogP contribution in [0, 0.1) is 0 Å². The fraction of sp³-hybridized carbons (Fsp3) is 0.917. The molecule has 1 amide bonds. The molecule has 0 aromatic carbocycles. The van der Waals surface area contributed by atoms with E-state index in [0.29, 0.717) is 6.42 Å². The third kappa shape index (κ3) is 12.2. The Kier molecular flexibility index (Phi) is 8.07. The third-order valence-electron chi connectivity index (χ3n) is 2.05. The Hall–Kier alpha value is -0.860. The summed E-state index contributed by atoms with van der Waals surface area (Å²) in [5, 5.41) is 2.55. The number of ether oxygens (including phenoxy) is 2. The van der Waals surface area contributed by atoms with E-state index in [1.165, 1.54) is 0 Å². The molecule has 0 aliphatic carbocycles. The summed E-state index contributed by atoms with van der Waals surface area (Å²) in [6, 6.07) is 0. The lowest BCUT2D eigenvalue weighted by Crippen LogP contribution is -2.35. The largest absolute Gasteiger partial charge is 0.444 e. The van der Waals surface area contributed by atoms with Crippen molar-refractivity contribution in [3.63, 3.8) is 0 Å². The minimum absolute atomic E-state index is 0.0260. The maximum absolute atomic E-state index is 11.3. The fourth-order valence-corrected chi connectivity index (χ4v) is 1.58. The van der Waals surface area contributed by atoms with Gasteiger partial charge in [0, 0.05) is 6.54 Å². The molecule has 0 aromatic heterocycles. The molecule has 0 rings (SSSR count). The summed E-state index contributed by atoms with van der Waals surface area (Å²) in [7, 11) is -3.46. The Balaban J connectivity index is 3.83. The van der Waals surface area contributed by atoms with Gasteiger partial charge < -0.3 is 14.8 Å². The quantitative estimate of drug-likeness (QED) is 0.536. The van der Waals surface area contributed by atoms with Crippen molar-refractivity contribution in [2.75, 3.05) is 26.0 Å². The highest BCUT2D eigenvalue weighted by Crippen LogP contribution is 2.06. The second-order valence-corrected chi connectivity index (χ2v) is 6.96. The predicted octanol–water partition coefficient (Wildman–Crippen LogP) is 1.28. The summed E-state index contributed by atoms with van der Waals surface area (Å²) in [6.07, 6.45) is 0.762. The molecule has 20 heavy (non-hydrogen) atoms. The maximum atomic E-state index is 11.3. The van der Waals surface area contributed by atoms with Gasteiger partial charge in [-0.1, -0.05) is 6.92 Å². The van der Waals surface area contributed by atoms with Crippen LogP contribution in [0.1, 0.15) is 34.1 Å². The van der Waals surface area contributed by atoms with Crippen LogP contribution in [-0.4, -0.2) is 52.2 Å². The number of alkyl carbamates (subject to hydrolysis) is 1. The second-order valence-electron chi connectivity index (χ2n) is 5.32. The average Bonchev–Trinajstić information content (AvgIpc) is 2.24. The SMILES string of the molecule is CCC(COS(C)(=O)=O)OCCNC(=O)OC(C)(C)C. The van der Waals surface area contributed by atoms with E-state index in [4.69, 9.17) is 9.47 Å². The molecule has 1 atom stereocenters. The molecule has 1 N–H and O–H groups in total. The summed E-state index contributed by atoms with van der Waals surface area (Å²) in [5.41, 5.74) is -0.541. The number of nitrogens with one attached hydrogen (secondary N) is 1. The number of carbonyl (C=O) groups is 1. The summed E-state index contributed by atoms with van der Waals surface area (Å²) in [4.78, 5) is 11.3. The molecule has 8 heteroatoms. The van der Waals surface area contributed by atoms with E-state index >= 15 is 0 Å². The van der Waals surface area contributed by atoms with Gasteiger partial charge in [-0.15, -0.1) is 0 Å². The number of carbonyl (C=O) groups excluding carboxylic acids is 1. The van der Waals surface area contributed by atoms with E-state index in [9.17, 15) is 13.2 Å². The van der Waals surface area contributed by atoms with Crippen molar-refractivity contribution in [1.82, 2.24) is 5.32 Å². The van der Waals surface area contributed by atoms with Gasteiger partial charge in [0.2, 0.25) is 0 Å². The van der Waals surface area contributed by atoms with Gasteiger partial charge in [-0.25, -0.2) is 4.79 Å². The molecule has 0 aliphatic rings. The van der Waals surface area contributed by atoms with Crippen LogP contribution in [0.2, 0.25) is 0 Å². The first-order valence-corrected chi connectivity index (χ1v) is 8.28. The molecule has 0 fully saturated rings. The summed E-state index contributed by atoms with van der Waals surface area (Å²) in [6.45, 7) is 7.70. The molecular weight excluding hydrogens is 286 g/mol. The topological polar surface area (TPSA) is 90.9 Å². The molecule has 0 saturated carbocycles. The molecule has 0 radical (unpaired) electrons. The lowest BCUT2D eigenvalue weighted by molar-refractivity contribution is 0.0178. The molecule has 0 heterocycles. The predicted molar refractivity (Wildman–Crippen MR) is 75.1 cm³/mol. The zero-order valence-corrected chi connectivity index (χ0v) is 13.6. The first-order valence-electron chi connectivity index (χ1n) is 6.46. The van der Waals surface area contributed by atoms with E-state index in [-0.39, 0.29) is 25.9 Å². The highest BCUT2D eigenvalue weighted by molar-refractivity contribution is 7.85. The molecule has 0 bridgehead atoms. The first-order chi connectivity index (χ1) is 9.03. The second kappa shape index (κ2) is 8.43. The number of hydrogen-bond donors (Lipinski definition) is 1. The van der Waals surface area contributed by atoms with Crippen molar-refractivity contribution in [2.24, 2.45) is 0 Å². The number of amides is 1. The Morgan fingerprint density at radius 1 is 1.30 bits per heavy atom. The van der Waals surface area contributed by atoms with Gasteiger partial charge in [0.1, 0.15) is 5.60 Å². The minimum atomic E-state index is -3.46. The van der Waals surface area contributed by atoms with Crippen LogP contribution < -0.4 is 5.32 Å². The maximum Gasteiger partial charge on any atom is 0.407 e. The van der Waals surface area contributed by atoms with Crippen LogP contribution >= 0.6 is 0 Å². The van der Waals surface area contributed by atoms with Crippen LogP contribution in [-0.2, 0) is 23.8 Å². The van der Waals surface area contributed by atoms with Gasteiger partial charge in [-0.3, -0.25) is 4.18 Å². The summed E-state index contributed by atoms with van der Waals surface area (Å²) >= 11 is 0. The minimum Gasteiger partial charge on any atom is -0.444 e. The summed E-state index contributed by atoms with van der Waals surface area (Å²) in [5.74, 6) is 0. The smallest absolute Gasteiger partial charge is 0.407 e.